The van der Waals surface area contributed by atoms with Gasteiger partial charge in [0.25, 0.3) is 0 Å². The van der Waals surface area contributed by atoms with Crippen LogP contribution in [0.1, 0.15) is 60.1 Å². The fraction of sp³-hybridized carbons (Fsp3) is 0.611. The molecule has 4 rings (SSSR count). The van der Waals surface area contributed by atoms with Crippen LogP contribution in [0.25, 0.3) is 0 Å². The summed E-state index contributed by atoms with van der Waals surface area (Å²) in [4.78, 5) is 14.5. The number of likely N-dealkylation sites (tertiary alicyclic amines) is 1. The van der Waals surface area contributed by atoms with E-state index in [1.807, 2.05) is 6.92 Å². The Morgan fingerprint density at radius 2 is 2.07 bits per heavy atom. The van der Waals surface area contributed by atoms with E-state index < -0.39 is 11.9 Å². The van der Waals surface area contributed by atoms with Gasteiger partial charge in [0.2, 0.25) is 5.91 Å². The minimum atomic E-state index is -4.50. The fourth-order valence-electron chi connectivity index (χ4n) is 4.15. The normalized spacial score (nSPS) is 20.1. The molecule has 1 aliphatic carbocycles. The number of rotatable bonds is 3. The zero-order valence-electron chi connectivity index (χ0n) is 15.1. The molecule has 1 aliphatic heterocycles. The number of aryl methyl sites for hydroxylation is 1. The molecule has 1 saturated heterocycles. The van der Waals surface area contributed by atoms with Crippen molar-refractivity contribution in [2.75, 3.05) is 6.54 Å². The monoisotopic (exact) mass is 382 g/mol. The molecule has 2 aromatic heterocycles. The SMILES string of the molecule is Cc1cc([C@H]2CCCN2C(=O)Cn2nc(C(F)(F)F)c3c2CCCC3)on1. The van der Waals surface area contributed by atoms with Crippen molar-refractivity contribution in [1.29, 1.82) is 0 Å². The summed E-state index contributed by atoms with van der Waals surface area (Å²) in [6.07, 6.45) is -0.503. The number of nitrogens with zero attached hydrogens (tertiary/aromatic N) is 4. The first kappa shape index (κ1) is 18.1. The standard InChI is InChI=1S/C18H21F3N4O2/c1-11-9-15(27-23-11)14-7-4-8-24(14)16(26)10-25-13-6-3-2-5-12(13)17(22-25)18(19,20)21/h9,14H,2-8,10H2,1H3/t14-/m1/s1. The van der Waals surface area contributed by atoms with E-state index in [2.05, 4.69) is 10.3 Å². The van der Waals surface area contributed by atoms with Crippen LogP contribution in [-0.2, 0) is 30.4 Å². The molecule has 0 unspecified atom stereocenters. The van der Waals surface area contributed by atoms with E-state index >= 15 is 0 Å². The van der Waals surface area contributed by atoms with Crippen LogP contribution in [0.3, 0.4) is 0 Å². The van der Waals surface area contributed by atoms with Crippen molar-refractivity contribution in [3.63, 3.8) is 0 Å². The minimum Gasteiger partial charge on any atom is -0.359 e. The second-order valence-electron chi connectivity index (χ2n) is 7.25. The Bertz CT molecular complexity index is 855. The summed E-state index contributed by atoms with van der Waals surface area (Å²) in [6, 6.07) is 1.58. The number of hydrogen-bond acceptors (Lipinski definition) is 4. The molecule has 9 heteroatoms. The largest absolute Gasteiger partial charge is 0.435 e. The Morgan fingerprint density at radius 1 is 1.30 bits per heavy atom. The minimum absolute atomic E-state index is 0.179. The lowest BCUT2D eigenvalue weighted by molar-refractivity contribution is -0.142. The summed E-state index contributed by atoms with van der Waals surface area (Å²) in [5, 5.41) is 7.66. The van der Waals surface area contributed by atoms with Crippen LogP contribution in [0.15, 0.2) is 10.6 Å². The van der Waals surface area contributed by atoms with Gasteiger partial charge in [-0.25, -0.2) is 0 Å². The molecule has 1 amide bonds. The molecule has 0 radical (unpaired) electrons. The van der Waals surface area contributed by atoms with Gasteiger partial charge >= 0.3 is 6.18 Å². The molecule has 6 nitrogen and oxygen atoms in total. The second-order valence-corrected chi connectivity index (χ2v) is 7.25. The van der Waals surface area contributed by atoms with Gasteiger partial charge in [-0.2, -0.15) is 18.3 Å². The van der Waals surface area contributed by atoms with E-state index in [9.17, 15) is 18.0 Å². The van der Waals surface area contributed by atoms with Crippen LogP contribution in [0.5, 0.6) is 0 Å². The smallest absolute Gasteiger partial charge is 0.359 e. The Hall–Kier alpha value is -2.32. The first-order chi connectivity index (χ1) is 12.8. The molecular weight excluding hydrogens is 361 g/mol. The van der Waals surface area contributed by atoms with Gasteiger partial charge in [0.05, 0.1) is 11.7 Å². The van der Waals surface area contributed by atoms with Crippen molar-refractivity contribution in [1.82, 2.24) is 19.8 Å². The number of carbonyl (C=O) groups is 1. The van der Waals surface area contributed by atoms with Crippen molar-refractivity contribution >= 4 is 5.91 Å². The van der Waals surface area contributed by atoms with Crippen LogP contribution in [-0.4, -0.2) is 32.3 Å². The molecule has 2 aliphatic rings. The summed E-state index contributed by atoms with van der Waals surface area (Å²) in [5.74, 6) is 0.382. The van der Waals surface area contributed by atoms with Crippen molar-refractivity contribution in [2.45, 2.75) is 64.2 Å². The molecule has 3 heterocycles. The fourth-order valence-corrected chi connectivity index (χ4v) is 4.15. The third-order valence-corrected chi connectivity index (χ3v) is 5.36. The molecule has 146 valence electrons. The number of amides is 1. The second kappa shape index (κ2) is 6.69. The highest BCUT2D eigenvalue weighted by Crippen LogP contribution is 2.36. The third-order valence-electron chi connectivity index (χ3n) is 5.36. The quantitative estimate of drug-likeness (QED) is 0.816. The number of aromatic nitrogens is 3. The van der Waals surface area contributed by atoms with Gasteiger partial charge < -0.3 is 9.42 Å². The zero-order valence-corrected chi connectivity index (χ0v) is 15.1. The maximum absolute atomic E-state index is 13.3. The van der Waals surface area contributed by atoms with Crippen LogP contribution in [0, 0.1) is 6.92 Å². The van der Waals surface area contributed by atoms with Crippen LogP contribution in [0.2, 0.25) is 0 Å². The highest BCUT2D eigenvalue weighted by atomic mass is 19.4. The topological polar surface area (TPSA) is 64.2 Å². The van der Waals surface area contributed by atoms with Gasteiger partial charge in [0, 0.05) is 23.9 Å². The Labute approximate surface area is 154 Å². The summed E-state index contributed by atoms with van der Waals surface area (Å²) < 4.78 is 46.5. The van der Waals surface area contributed by atoms with Crippen LogP contribution in [0.4, 0.5) is 13.2 Å². The maximum atomic E-state index is 13.3. The lowest BCUT2D eigenvalue weighted by Crippen LogP contribution is -2.34. The van der Waals surface area contributed by atoms with Crippen molar-refractivity contribution in [3.8, 4) is 0 Å². The predicted octanol–water partition coefficient (Wildman–Crippen LogP) is 3.44. The third kappa shape index (κ3) is 3.35. The molecule has 1 fully saturated rings. The highest BCUT2D eigenvalue weighted by molar-refractivity contribution is 5.77. The maximum Gasteiger partial charge on any atom is 0.435 e. The van der Waals surface area contributed by atoms with Gasteiger partial charge in [0.1, 0.15) is 6.54 Å². The Morgan fingerprint density at radius 3 is 2.78 bits per heavy atom. The molecule has 2 aromatic rings. The lowest BCUT2D eigenvalue weighted by atomic mass is 9.95. The average Bonchev–Trinajstić information content (AvgIpc) is 3.32. The van der Waals surface area contributed by atoms with Gasteiger partial charge in [-0.15, -0.1) is 0 Å². The Balaban J connectivity index is 1.58. The molecule has 0 aromatic carbocycles. The molecule has 27 heavy (non-hydrogen) atoms. The van der Waals surface area contributed by atoms with E-state index in [1.165, 1.54) is 4.68 Å². The van der Waals surface area contributed by atoms with E-state index in [4.69, 9.17) is 4.52 Å². The molecule has 1 atom stereocenters. The van der Waals surface area contributed by atoms with Crippen molar-refractivity contribution in [3.05, 3.63) is 34.5 Å². The van der Waals surface area contributed by atoms with E-state index in [0.29, 0.717) is 30.8 Å². The highest BCUT2D eigenvalue weighted by Gasteiger charge is 2.40. The van der Waals surface area contributed by atoms with E-state index in [-0.39, 0.29) is 24.1 Å². The number of hydrogen-bond donors (Lipinski definition) is 0. The first-order valence-corrected chi connectivity index (χ1v) is 9.23. The summed E-state index contributed by atoms with van der Waals surface area (Å²) in [6.45, 7) is 2.18. The Kier molecular flexibility index (Phi) is 4.47. The summed E-state index contributed by atoms with van der Waals surface area (Å²) in [5.41, 5.74) is 0.702. The van der Waals surface area contributed by atoms with E-state index in [0.717, 1.165) is 31.4 Å². The summed E-state index contributed by atoms with van der Waals surface area (Å²) in [7, 11) is 0. The van der Waals surface area contributed by atoms with Gasteiger partial charge in [0.15, 0.2) is 11.5 Å². The molecule has 0 spiro atoms. The average molecular weight is 382 g/mol. The number of halogens is 3. The van der Waals surface area contributed by atoms with Gasteiger partial charge in [-0.3, -0.25) is 9.48 Å². The number of fused-ring (bicyclic) bond motifs is 1. The molecule has 0 N–H and O–H groups in total. The van der Waals surface area contributed by atoms with Gasteiger partial charge in [-0.05, 0) is 45.4 Å². The lowest BCUT2D eigenvalue weighted by Gasteiger charge is -2.23. The zero-order chi connectivity index (χ0) is 19.2. The van der Waals surface area contributed by atoms with Gasteiger partial charge in [-0.1, -0.05) is 5.16 Å². The summed E-state index contributed by atoms with van der Waals surface area (Å²) >= 11 is 0. The predicted molar refractivity (Wildman–Crippen MR) is 88.8 cm³/mol. The molecule has 0 bridgehead atoms. The first-order valence-electron chi connectivity index (χ1n) is 9.23. The number of alkyl halides is 3. The van der Waals surface area contributed by atoms with Crippen molar-refractivity contribution < 1.29 is 22.5 Å². The molecular formula is C18H21F3N4O2. The van der Waals surface area contributed by atoms with Crippen molar-refractivity contribution in [2.24, 2.45) is 0 Å². The van der Waals surface area contributed by atoms with Crippen LogP contribution >= 0.6 is 0 Å². The van der Waals surface area contributed by atoms with Crippen LogP contribution < -0.4 is 0 Å². The number of carbonyl (C=O) groups excluding carboxylic acids is 1. The molecule has 0 saturated carbocycles. The van der Waals surface area contributed by atoms with E-state index in [1.54, 1.807) is 11.0 Å².